The van der Waals surface area contributed by atoms with Crippen LogP contribution in [0.2, 0.25) is 0 Å². The normalized spacial score (nSPS) is 14.8. The van der Waals surface area contributed by atoms with Gasteiger partial charge >= 0.3 is 12.3 Å². The lowest BCUT2D eigenvalue weighted by atomic mass is 10.0. The Hall–Kier alpha value is -3.29. The number of rotatable bonds is 5. The number of hydrogen-bond donors (Lipinski definition) is 2. The van der Waals surface area contributed by atoms with E-state index in [0.29, 0.717) is 12.1 Å². The number of carbonyl (C=O) groups is 2. The Labute approximate surface area is 176 Å². The van der Waals surface area contributed by atoms with Crippen molar-refractivity contribution in [2.45, 2.75) is 38.1 Å². The van der Waals surface area contributed by atoms with Crippen molar-refractivity contribution >= 4 is 12.1 Å². The van der Waals surface area contributed by atoms with E-state index < -0.39 is 60.0 Å². The average molecular weight is 466 g/mol. The molecule has 1 aliphatic heterocycles. The molecule has 0 saturated carbocycles. The highest BCUT2D eigenvalue weighted by molar-refractivity contribution is 5.77. The van der Waals surface area contributed by atoms with Gasteiger partial charge in [0.15, 0.2) is 11.6 Å². The number of fused-ring (bicyclic) bond motifs is 1. The van der Waals surface area contributed by atoms with Crippen LogP contribution in [0.25, 0.3) is 0 Å². The number of halogens is 6. The molecular formula is C18H16F6N4O4. The highest BCUT2D eigenvalue weighted by Gasteiger charge is 2.41. The lowest BCUT2D eigenvalue weighted by Gasteiger charge is -2.30. The van der Waals surface area contributed by atoms with Crippen molar-refractivity contribution in [2.75, 3.05) is 6.54 Å². The largest absolute Gasteiger partial charge is 0.512 e. The van der Waals surface area contributed by atoms with Crippen molar-refractivity contribution in [2.24, 2.45) is 5.73 Å². The highest BCUT2D eigenvalue weighted by Crippen LogP contribution is 2.35. The summed E-state index contributed by atoms with van der Waals surface area (Å²) in [4.78, 5) is 27.7. The molecule has 8 nitrogen and oxygen atoms in total. The number of aromatic nitrogens is 2. The van der Waals surface area contributed by atoms with E-state index in [1.54, 1.807) is 0 Å². The molecule has 1 aromatic heterocycles. The quantitative estimate of drug-likeness (QED) is 0.398. The fourth-order valence-corrected chi connectivity index (χ4v) is 3.36. The summed E-state index contributed by atoms with van der Waals surface area (Å²) in [6, 6.07) is -0.0234. The minimum absolute atomic E-state index is 0.163. The van der Waals surface area contributed by atoms with E-state index in [9.17, 15) is 35.9 Å². The molecule has 1 aliphatic rings. The smallest absolute Gasteiger partial charge is 0.449 e. The van der Waals surface area contributed by atoms with Crippen LogP contribution in [-0.2, 0) is 30.5 Å². The molecule has 14 heteroatoms. The zero-order valence-corrected chi connectivity index (χ0v) is 16.1. The van der Waals surface area contributed by atoms with Gasteiger partial charge in [-0.15, -0.1) is 0 Å². The van der Waals surface area contributed by atoms with E-state index in [4.69, 9.17) is 10.8 Å². The number of nitrogens with two attached hydrogens (primary N) is 1. The van der Waals surface area contributed by atoms with Gasteiger partial charge in [-0.3, -0.25) is 4.79 Å². The predicted molar refractivity (Wildman–Crippen MR) is 93.9 cm³/mol. The van der Waals surface area contributed by atoms with Crippen LogP contribution in [0.15, 0.2) is 12.1 Å². The minimum atomic E-state index is -4.88. The highest BCUT2D eigenvalue weighted by atomic mass is 19.4. The van der Waals surface area contributed by atoms with Crippen LogP contribution in [0.4, 0.5) is 31.1 Å². The van der Waals surface area contributed by atoms with Gasteiger partial charge in [0.05, 0.1) is 6.54 Å². The average Bonchev–Trinajstić information content (AvgIpc) is 3.03. The molecule has 0 unspecified atom stereocenters. The monoisotopic (exact) mass is 466 g/mol. The number of benzene rings is 1. The van der Waals surface area contributed by atoms with Gasteiger partial charge in [0.2, 0.25) is 17.6 Å². The van der Waals surface area contributed by atoms with Crippen LogP contribution >= 0.6 is 0 Å². The van der Waals surface area contributed by atoms with E-state index in [0.717, 1.165) is 9.47 Å². The Bertz CT molecular complexity index is 1060. The molecule has 3 N–H and O–H groups in total. The van der Waals surface area contributed by atoms with E-state index in [1.165, 1.54) is 0 Å². The van der Waals surface area contributed by atoms with Gasteiger partial charge in [-0.1, -0.05) is 0 Å². The lowest BCUT2D eigenvalue weighted by Crippen LogP contribution is -2.42. The Morgan fingerprint density at radius 2 is 1.81 bits per heavy atom. The second-order valence-electron chi connectivity index (χ2n) is 7.05. The second kappa shape index (κ2) is 8.68. The third-order valence-electron chi connectivity index (χ3n) is 4.77. The van der Waals surface area contributed by atoms with Crippen molar-refractivity contribution in [1.29, 1.82) is 0 Å². The number of imidazole rings is 1. The van der Waals surface area contributed by atoms with Crippen molar-refractivity contribution < 1.29 is 45.8 Å². The lowest BCUT2D eigenvalue weighted by molar-refractivity contribution is -0.148. The first kappa shape index (κ1) is 23.4. The van der Waals surface area contributed by atoms with Crippen LogP contribution in [0.5, 0.6) is 5.88 Å². The molecule has 1 atom stereocenters. The first-order valence-electron chi connectivity index (χ1n) is 9.11. The fraction of sp³-hybridized carbons (Fsp3) is 0.389. The van der Waals surface area contributed by atoms with Crippen LogP contribution in [-0.4, -0.2) is 44.2 Å². The summed E-state index contributed by atoms with van der Waals surface area (Å²) < 4.78 is 84.7. The van der Waals surface area contributed by atoms with E-state index >= 15 is 0 Å². The predicted octanol–water partition coefficient (Wildman–Crippen LogP) is 2.68. The molecule has 1 aromatic carbocycles. The third kappa shape index (κ3) is 4.95. The van der Waals surface area contributed by atoms with Crippen molar-refractivity contribution in [3.8, 4) is 5.88 Å². The zero-order chi connectivity index (χ0) is 23.8. The van der Waals surface area contributed by atoms with E-state index in [1.807, 2.05) is 0 Å². The first-order chi connectivity index (χ1) is 14.9. The van der Waals surface area contributed by atoms with Gasteiger partial charge in [0.1, 0.15) is 11.5 Å². The van der Waals surface area contributed by atoms with Crippen LogP contribution in [0, 0.1) is 17.5 Å². The van der Waals surface area contributed by atoms with Crippen LogP contribution < -0.4 is 10.5 Å². The summed E-state index contributed by atoms with van der Waals surface area (Å²) in [5.41, 5.74) is 5.32. The first-order valence-corrected chi connectivity index (χ1v) is 9.11. The van der Waals surface area contributed by atoms with Gasteiger partial charge in [-0.25, -0.2) is 18.0 Å². The molecule has 0 saturated heterocycles. The topological polar surface area (TPSA) is 111 Å². The molecule has 0 radical (unpaired) electrons. The molecule has 32 heavy (non-hydrogen) atoms. The van der Waals surface area contributed by atoms with Crippen molar-refractivity contribution in [3.63, 3.8) is 0 Å². The Morgan fingerprint density at radius 3 is 2.44 bits per heavy atom. The van der Waals surface area contributed by atoms with Crippen LogP contribution in [0.3, 0.4) is 0 Å². The molecule has 1 amide bonds. The number of hydrogen-bond acceptors (Lipinski definition) is 5. The number of ether oxygens (including phenoxy) is 1. The molecule has 0 fully saturated rings. The summed E-state index contributed by atoms with van der Waals surface area (Å²) in [5.74, 6) is -6.47. The SMILES string of the molecule is N[C@@H](CC(=O)N1CCn2c(C(F)(F)F)nc(OC(=O)O)c2C1)Cc1cc(F)c(F)cc1F. The van der Waals surface area contributed by atoms with Crippen molar-refractivity contribution in [1.82, 2.24) is 14.5 Å². The molecule has 2 heterocycles. The number of nitrogens with zero attached hydrogens (tertiary/aromatic N) is 3. The van der Waals surface area contributed by atoms with Gasteiger partial charge in [0.25, 0.3) is 0 Å². The van der Waals surface area contributed by atoms with Gasteiger partial charge < -0.3 is 25.0 Å². The van der Waals surface area contributed by atoms with E-state index in [-0.39, 0.29) is 37.2 Å². The van der Waals surface area contributed by atoms with E-state index in [2.05, 4.69) is 9.72 Å². The number of amides is 1. The summed E-state index contributed by atoms with van der Waals surface area (Å²) >= 11 is 0. The zero-order valence-electron chi connectivity index (χ0n) is 16.1. The minimum Gasteiger partial charge on any atom is -0.449 e. The molecule has 0 bridgehead atoms. The van der Waals surface area contributed by atoms with Crippen LogP contribution in [0.1, 0.15) is 23.5 Å². The number of carbonyl (C=O) groups excluding carboxylic acids is 1. The molecular weight excluding hydrogens is 450 g/mol. The molecule has 0 spiro atoms. The second-order valence-corrected chi connectivity index (χ2v) is 7.05. The van der Waals surface area contributed by atoms with Crippen molar-refractivity contribution in [3.05, 3.63) is 46.7 Å². The maximum Gasteiger partial charge on any atom is 0.512 e. The maximum atomic E-state index is 13.8. The number of alkyl halides is 3. The summed E-state index contributed by atoms with van der Waals surface area (Å²) in [6.45, 7) is -0.931. The van der Waals surface area contributed by atoms with Gasteiger partial charge in [-0.2, -0.15) is 18.2 Å². The Morgan fingerprint density at radius 1 is 1.16 bits per heavy atom. The Balaban J connectivity index is 1.73. The standard InChI is InChI=1S/C18H16F6N4O4/c19-10-6-12(21)11(20)4-8(10)3-9(25)5-14(29)27-1-2-28-13(7-27)15(32-17(30)31)26-16(28)18(22,23)24/h4,6,9H,1-3,5,7,25H2,(H,30,31)/t9-/m1/s1. The Kier molecular flexibility index (Phi) is 6.34. The fourth-order valence-electron chi connectivity index (χ4n) is 3.36. The molecule has 2 aromatic rings. The maximum absolute atomic E-state index is 13.8. The summed E-state index contributed by atoms with van der Waals surface area (Å²) in [7, 11) is 0. The number of carboxylic acid groups (broad SMARTS) is 1. The van der Waals surface area contributed by atoms with Gasteiger partial charge in [0, 0.05) is 31.6 Å². The van der Waals surface area contributed by atoms with Gasteiger partial charge in [-0.05, 0) is 18.1 Å². The third-order valence-corrected chi connectivity index (χ3v) is 4.77. The summed E-state index contributed by atoms with van der Waals surface area (Å²) in [5, 5.41) is 8.74. The summed E-state index contributed by atoms with van der Waals surface area (Å²) in [6.07, 6.45) is -7.43. The molecule has 3 rings (SSSR count). The molecule has 0 aliphatic carbocycles. The molecule has 174 valence electrons.